The summed E-state index contributed by atoms with van der Waals surface area (Å²) < 4.78 is 0. The van der Waals surface area contributed by atoms with E-state index in [0.29, 0.717) is 24.5 Å². The number of carbonyl (C=O) groups excluding carboxylic acids is 2. The molecule has 162 valence electrons. The number of ketones is 1. The molecule has 0 radical (unpaired) electrons. The van der Waals surface area contributed by atoms with Crippen molar-refractivity contribution in [3.63, 3.8) is 0 Å². The summed E-state index contributed by atoms with van der Waals surface area (Å²) in [7, 11) is 0. The molecule has 1 N–H and O–H groups in total. The fourth-order valence-electron chi connectivity index (χ4n) is 3.71. The van der Waals surface area contributed by atoms with Crippen LogP contribution < -0.4 is 5.32 Å². The van der Waals surface area contributed by atoms with Crippen molar-refractivity contribution >= 4 is 11.7 Å². The topological polar surface area (TPSA) is 46.2 Å². The normalized spacial score (nSPS) is 13.5. The molecule has 0 spiro atoms. The van der Waals surface area contributed by atoms with Crippen LogP contribution >= 0.6 is 0 Å². The van der Waals surface area contributed by atoms with Gasteiger partial charge in [-0.25, -0.2) is 0 Å². The van der Waals surface area contributed by atoms with E-state index < -0.39 is 0 Å². The monoisotopic (exact) mass is 391 g/mol. The van der Waals surface area contributed by atoms with Gasteiger partial charge in [-0.3, -0.25) is 9.59 Å². The van der Waals surface area contributed by atoms with Crippen LogP contribution in [0.25, 0.3) is 0 Å². The lowest BCUT2D eigenvalue weighted by atomic mass is 10.0. The van der Waals surface area contributed by atoms with Gasteiger partial charge in [0.15, 0.2) is 0 Å². The van der Waals surface area contributed by atoms with E-state index in [1.54, 1.807) is 0 Å². The fraction of sp³-hybridized carbons (Fsp3) is 0.840. The third kappa shape index (κ3) is 14.9. The zero-order chi connectivity index (χ0) is 20.5. The number of Topliss-reactive ketones (excluding diaryl/α,β-unsaturated/α-hetero) is 1. The molecule has 1 aliphatic rings. The molecule has 3 nitrogen and oxygen atoms in total. The number of hydrogen-bond acceptors (Lipinski definition) is 2. The minimum atomic E-state index is 0.0848. The lowest BCUT2D eigenvalue weighted by molar-refractivity contribution is -0.120. The Hall–Kier alpha value is -1.12. The van der Waals surface area contributed by atoms with Gasteiger partial charge in [0.1, 0.15) is 5.78 Å². The van der Waals surface area contributed by atoms with Crippen LogP contribution in [0.1, 0.15) is 129 Å². The largest absolute Gasteiger partial charge is 0.330 e. The van der Waals surface area contributed by atoms with E-state index in [4.69, 9.17) is 0 Å². The Morgan fingerprint density at radius 3 is 1.71 bits per heavy atom. The van der Waals surface area contributed by atoms with E-state index in [0.717, 1.165) is 44.2 Å². The highest BCUT2D eigenvalue weighted by Gasteiger charge is 2.28. The second-order valence-corrected chi connectivity index (χ2v) is 8.74. The van der Waals surface area contributed by atoms with Crippen molar-refractivity contribution < 1.29 is 9.59 Å². The summed E-state index contributed by atoms with van der Waals surface area (Å²) in [6.45, 7) is 6.19. The number of carbonyl (C=O) groups is 2. The van der Waals surface area contributed by atoms with Crippen LogP contribution in [0.3, 0.4) is 0 Å². The number of unbranched alkanes of at least 4 members (excludes halogenated alkanes) is 12. The molecule has 0 aliphatic heterocycles. The van der Waals surface area contributed by atoms with Crippen molar-refractivity contribution in [3.8, 4) is 0 Å². The van der Waals surface area contributed by atoms with Crippen molar-refractivity contribution in [3.05, 3.63) is 12.3 Å². The van der Waals surface area contributed by atoms with Crippen molar-refractivity contribution in [2.45, 2.75) is 129 Å². The molecule has 0 aromatic heterocycles. The zero-order valence-electron chi connectivity index (χ0n) is 18.5. The number of nitrogens with one attached hydrogen (secondary N) is 1. The SMILES string of the molecule is C=C(CCCC(=O)C1CC1)NC(=O)CCCCCCCCCCCCCCC. The maximum absolute atomic E-state index is 11.9. The van der Waals surface area contributed by atoms with E-state index in [-0.39, 0.29) is 5.91 Å². The van der Waals surface area contributed by atoms with Crippen LogP contribution in [-0.2, 0) is 9.59 Å². The number of rotatable bonds is 20. The molecule has 1 amide bonds. The average Bonchev–Trinajstić information content (AvgIpc) is 3.50. The maximum Gasteiger partial charge on any atom is 0.224 e. The summed E-state index contributed by atoms with van der Waals surface area (Å²) >= 11 is 0. The van der Waals surface area contributed by atoms with Gasteiger partial charge in [-0.2, -0.15) is 0 Å². The Morgan fingerprint density at radius 2 is 1.21 bits per heavy atom. The van der Waals surface area contributed by atoms with Crippen molar-refractivity contribution in [1.29, 1.82) is 0 Å². The molecular weight excluding hydrogens is 346 g/mol. The molecule has 1 rings (SSSR count). The first-order chi connectivity index (χ1) is 13.6. The van der Waals surface area contributed by atoms with E-state index in [2.05, 4.69) is 18.8 Å². The van der Waals surface area contributed by atoms with E-state index in [9.17, 15) is 9.59 Å². The lowest BCUT2D eigenvalue weighted by Crippen LogP contribution is -2.21. The Kier molecular flexibility index (Phi) is 15.0. The van der Waals surface area contributed by atoms with Gasteiger partial charge in [0.05, 0.1) is 0 Å². The van der Waals surface area contributed by atoms with Crippen molar-refractivity contribution in [1.82, 2.24) is 5.32 Å². The van der Waals surface area contributed by atoms with Gasteiger partial charge in [0.25, 0.3) is 0 Å². The standard InChI is InChI=1S/C25H45NO2/c1-3-4-5-6-7-8-9-10-11-12-13-14-15-19-25(28)26-22(2)17-16-18-24(27)23-20-21-23/h23H,2-21H2,1H3,(H,26,28). The molecular formula is C25H45NO2. The molecule has 28 heavy (non-hydrogen) atoms. The second-order valence-electron chi connectivity index (χ2n) is 8.74. The molecule has 0 heterocycles. The average molecular weight is 392 g/mol. The number of amides is 1. The van der Waals surface area contributed by atoms with Gasteiger partial charge < -0.3 is 5.32 Å². The molecule has 1 saturated carbocycles. The molecule has 0 saturated heterocycles. The van der Waals surface area contributed by atoms with Crippen molar-refractivity contribution in [2.24, 2.45) is 5.92 Å². The van der Waals surface area contributed by atoms with E-state index in [1.807, 2.05) is 0 Å². The molecule has 3 heteroatoms. The van der Waals surface area contributed by atoms with Crippen molar-refractivity contribution in [2.75, 3.05) is 0 Å². The predicted molar refractivity (Wildman–Crippen MR) is 119 cm³/mol. The van der Waals surface area contributed by atoms with Gasteiger partial charge >= 0.3 is 0 Å². The highest BCUT2D eigenvalue weighted by Crippen LogP contribution is 2.31. The molecule has 0 atom stereocenters. The highest BCUT2D eigenvalue weighted by atomic mass is 16.1. The lowest BCUT2D eigenvalue weighted by Gasteiger charge is -2.08. The number of allylic oxidation sites excluding steroid dienone is 1. The maximum atomic E-state index is 11.9. The Balaban J connectivity index is 1.80. The van der Waals surface area contributed by atoms with E-state index in [1.165, 1.54) is 70.6 Å². The van der Waals surface area contributed by atoms with Gasteiger partial charge in [0.2, 0.25) is 5.91 Å². The first-order valence-corrected chi connectivity index (χ1v) is 12.1. The van der Waals surface area contributed by atoms with Crippen LogP contribution in [0.15, 0.2) is 12.3 Å². The zero-order valence-corrected chi connectivity index (χ0v) is 18.5. The van der Waals surface area contributed by atoms with Gasteiger partial charge in [-0.15, -0.1) is 0 Å². The third-order valence-electron chi connectivity index (χ3n) is 5.76. The fourth-order valence-corrected chi connectivity index (χ4v) is 3.71. The predicted octanol–water partition coefficient (Wildman–Crippen LogP) is 7.25. The molecule has 0 unspecified atom stereocenters. The van der Waals surface area contributed by atoms with Crippen LogP contribution in [0.5, 0.6) is 0 Å². The van der Waals surface area contributed by atoms with Gasteiger partial charge in [-0.1, -0.05) is 90.6 Å². The van der Waals surface area contributed by atoms with Crippen LogP contribution in [0.4, 0.5) is 0 Å². The summed E-state index contributed by atoms with van der Waals surface area (Å²) in [5.41, 5.74) is 0.767. The second kappa shape index (κ2) is 16.8. The van der Waals surface area contributed by atoms with Gasteiger partial charge in [0, 0.05) is 24.5 Å². The Morgan fingerprint density at radius 1 is 0.714 bits per heavy atom. The number of hydrogen-bond donors (Lipinski definition) is 1. The first kappa shape index (κ1) is 24.9. The summed E-state index contributed by atoms with van der Waals surface area (Å²) in [5, 5.41) is 2.90. The Labute approximate surface area is 174 Å². The molecule has 0 aromatic carbocycles. The molecule has 0 bridgehead atoms. The summed E-state index contributed by atoms with van der Waals surface area (Å²) in [5.74, 6) is 0.825. The summed E-state index contributed by atoms with van der Waals surface area (Å²) in [6.07, 6.45) is 22.1. The molecule has 1 fully saturated rings. The third-order valence-corrected chi connectivity index (χ3v) is 5.76. The first-order valence-electron chi connectivity index (χ1n) is 12.1. The van der Waals surface area contributed by atoms with Gasteiger partial charge in [-0.05, 0) is 32.1 Å². The highest BCUT2D eigenvalue weighted by molar-refractivity contribution is 5.83. The summed E-state index contributed by atoms with van der Waals surface area (Å²) in [6, 6.07) is 0. The van der Waals surface area contributed by atoms with Crippen LogP contribution in [-0.4, -0.2) is 11.7 Å². The summed E-state index contributed by atoms with van der Waals surface area (Å²) in [4.78, 5) is 23.6. The Bertz CT molecular complexity index is 440. The molecule has 0 aromatic rings. The molecule has 1 aliphatic carbocycles. The van der Waals surface area contributed by atoms with Crippen LogP contribution in [0.2, 0.25) is 0 Å². The minimum absolute atomic E-state index is 0.0848. The van der Waals surface area contributed by atoms with E-state index >= 15 is 0 Å². The van der Waals surface area contributed by atoms with Crippen LogP contribution in [0, 0.1) is 5.92 Å². The minimum Gasteiger partial charge on any atom is -0.330 e. The quantitative estimate of drug-likeness (QED) is 0.222. The smallest absolute Gasteiger partial charge is 0.224 e.